The van der Waals surface area contributed by atoms with Gasteiger partial charge in [0.05, 0.1) is 14.6 Å². The largest absolute Gasteiger partial charge is 0.369 e. The first kappa shape index (κ1) is 24.7. The van der Waals surface area contributed by atoms with Crippen molar-refractivity contribution in [3.63, 3.8) is 0 Å². The van der Waals surface area contributed by atoms with Crippen molar-refractivity contribution in [3.8, 4) is 11.1 Å². The maximum absolute atomic E-state index is 12.9. The quantitative estimate of drug-likeness (QED) is 0.279. The van der Waals surface area contributed by atoms with Crippen LogP contribution in [0.1, 0.15) is 12.8 Å². The van der Waals surface area contributed by atoms with E-state index in [0.29, 0.717) is 41.0 Å². The molecule has 1 aromatic heterocycles. The first-order valence-corrected chi connectivity index (χ1v) is 14.9. The Bertz CT molecular complexity index is 1620. The molecule has 11 heteroatoms. The predicted molar refractivity (Wildman–Crippen MR) is 146 cm³/mol. The van der Waals surface area contributed by atoms with E-state index in [4.69, 9.17) is 4.78 Å². The van der Waals surface area contributed by atoms with Crippen LogP contribution in [0.3, 0.4) is 0 Å². The lowest BCUT2D eigenvalue weighted by Gasteiger charge is -2.14. The van der Waals surface area contributed by atoms with Gasteiger partial charge in [-0.1, -0.05) is 36.4 Å². The van der Waals surface area contributed by atoms with Crippen LogP contribution in [-0.2, 0) is 19.8 Å². The molecule has 37 heavy (non-hydrogen) atoms. The summed E-state index contributed by atoms with van der Waals surface area (Å²) < 4.78 is 49.1. The van der Waals surface area contributed by atoms with Gasteiger partial charge in [-0.15, -0.1) is 0 Å². The van der Waals surface area contributed by atoms with Crippen LogP contribution in [0.5, 0.6) is 0 Å². The molecule has 5 rings (SSSR count). The van der Waals surface area contributed by atoms with Crippen molar-refractivity contribution in [1.82, 2.24) is 9.97 Å². The number of hydrogen-bond acceptors (Lipinski definition) is 8. The van der Waals surface area contributed by atoms with Gasteiger partial charge in [0.15, 0.2) is 0 Å². The van der Waals surface area contributed by atoms with Gasteiger partial charge in [-0.3, -0.25) is 4.72 Å². The highest BCUT2D eigenvalue weighted by molar-refractivity contribution is 7.93. The first-order chi connectivity index (χ1) is 17.8. The fourth-order valence-electron chi connectivity index (χ4n) is 3.98. The zero-order valence-electron chi connectivity index (χ0n) is 19.8. The lowest BCUT2D eigenvalue weighted by molar-refractivity contribution is 0.601. The summed E-state index contributed by atoms with van der Waals surface area (Å²) in [6, 6.07) is 22.3. The smallest absolute Gasteiger partial charge is 0.261 e. The molecule has 0 radical (unpaired) electrons. The fraction of sp³-hybridized carbons (Fsp3) is 0.154. The summed E-state index contributed by atoms with van der Waals surface area (Å²) >= 11 is 0. The molecule has 1 unspecified atom stereocenters. The Labute approximate surface area is 216 Å². The topological polar surface area (TPSA) is 137 Å². The highest BCUT2D eigenvalue weighted by atomic mass is 32.2. The summed E-state index contributed by atoms with van der Waals surface area (Å²) in [5.74, 6) is 1.28. The van der Waals surface area contributed by atoms with Crippen LogP contribution in [0.4, 0.5) is 23.1 Å². The van der Waals surface area contributed by atoms with Gasteiger partial charge < -0.3 is 10.6 Å². The van der Waals surface area contributed by atoms with Crippen LogP contribution < -0.4 is 15.4 Å². The second-order valence-corrected chi connectivity index (χ2v) is 12.5. The number of benzene rings is 3. The Morgan fingerprint density at radius 3 is 2.51 bits per heavy atom. The summed E-state index contributed by atoms with van der Waals surface area (Å²) in [4.78, 5) is 9.80. The molecule has 0 spiro atoms. The van der Waals surface area contributed by atoms with Crippen molar-refractivity contribution in [2.75, 3.05) is 27.7 Å². The standard InChI is InChI=1S/C26H26N6O3S2/c27-36(33)16-5-4-15-28-25-24(18-29-26(31-25)30-21-7-6-10-23(36)17-21)19-11-13-20(14-12-19)32-37(34,35)22-8-2-1-3-9-22/h1-3,6-14,17-18,27,32H,4-5,15-16H2,(H2,28,29,30,31). The fourth-order valence-corrected chi connectivity index (χ4v) is 6.52. The summed E-state index contributed by atoms with van der Waals surface area (Å²) in [5.41, 5.74) is 2.68. The minimum Gasteiger partial charge on any atom is -0.369 e. The van der Waals surface area contributed by atoms with Crippen LogP contribution in [0.25, 0.3) is 11.1 Å². The summed E-state index contributed by atoms with van der Waals surface area (Å²) in [6.45, 7) is 0.589. The van der Waals surface area contributed by atoms with Crippen LogP contribution >= 0.6 is 0 Å². The Morgan fingerprint density at radius 2 is 1.73 bits per heavy atom. The molecule has 1 aliphatic heterocycles. The molecule has 9 nitrogen and oxygen atoms in total. The van der Waals surface area contributed by atoms with Crippen molar-refractivity contribution < 1.29 is 12.6 Å². The Kier molecular flexibility index (Phi) is 6.81. The third-order valence-corrected chi connectivity index (χ3v) is 9.19. The molecule has 4 aromatic rings. The van der Waals surface area contributed by atoms with Crippen LogP contribution in [0.15, 0.2) is 94.9 Å². The molecule has 3 aromatic carbocycles. The van der Waals surface area contributed by atoms with Gasteiger partial charge in [0.1, 0.15) is 5.82 Å². The van der Waals surface area contributed by atoms with Gasteiger partial charge >= 0.3 is 0 Å². The Hall–Kier alpha value is -3.96. The second-order valence-electron chi connectivity index (χ2n) is 8.62. The minimum absolute atomic E-state index is 0.192. The first-order valence-electron chi connectivity index (χ1n) is 11.7. The average Bonchev–Trinajstić information content (AvgIpc) is 2.90. The van der Waals surface area contributed by atoms with Gasteiger partial charge in [0, 0.05) is 40.3 Å². The number of nitrogens with zero attached hydrogens (tertiary/aromatic N) is 2. The van der Waals surface area contributed by atoms with Crippen LogP contribution in [-0.4, -0.2) is 34.9 Å². The van der Waals surface area contributed by atoms with Gasteiger partial charge in [-0.2, -0.15) is 4.98 Å². The molecular weight excluding hydrogens is 508 g/mol. The molecule has 1 aliphatic rings. The van der Waals surface area contributed by atoms with Gasteiger partial charge in [0.25, 0.3) is 10.0 Å². The summed E-state index contributed by atoms with van der Waals surface area (Å²) in [5, 5.41) is 6.48. The lowest BCUT2D eigenvalue weighted by Crippen LogP contribution is -2.12. The number of nitrogens with one attached hydrogen (secondary N) is 4. The highest BCUT2D eigenvalue weighted by Crippen LogP contribution is 2.30. The molecular formula is C26H26N6O3S2. The Morgan fingerprint density at radius 1 is 0.946 bits per heavy atom. The molecule has 4 bridgehead atoms. The number of rotatable bonds is 4. The Balaban J connectivity index is 1.42. The minimum atomic E-state index is -3.69. The van der Waals surface area contributed by atoms with Crippen molar-refractivity contribution >= 4 is 42.9 Å². The monoisotopic (exact) mass is 534 g/mol. The van der Waals surface area contributed by atoms with E-state index in [2.05, 4.69) is 25.3 Å². The SMILES string of the molecule is N=S1(=O)CCCCNc2nc(ncc2-c2ccc(NS(=O)(=O)c3ccccc3)cc2)Nc2cccc1c2. The number of sulfonamides is 1. The van der Waals surface area contributed by atoms with E-state index in [1.165, 1.54) is 0 Å². The molecule has 4 N–H and O–H groups in total. The zero-order chi connectivity index (χ0) is 25.9. The molecule has 2 heterocycles. The van der Waals surface area contributed by atoms with Gasteiger partial charge in [-0.25, -0.2) is 22.4 Å². The van der Waals surface area contributed by atoms with Gasteiger partial charge in [-0.05, 0) is 60.9 Å². The average molecular weight is 535 g/mol. The van der Waals surface area contributed by atoms with E-state index < -0.39 is 19.8 Å². The normalized spacial score (nSPS) is 17.7. The van der Waals surface area contributed by atoms with Crippen molar-refractivity contribution in [3.05, 3.63) is 85.1 Å². The molecule has 0 saturated heterocycles. The molecule has 190 valence electrons. The number of anilines is 4. The zero-order valence-corrected chi connectivity index (χ0v) is 21.5. The number of hydrogen-bond donors (Lipinski definition) is 4. The van der Waals surface area contributed by atoms with E-state index >= 15 is 0 Å². The third kappa shape index (κ3) is 5.73. The van der Waals surface area contributed by atoms with Crippen molar-refractivity contribution in [1.29, 1.82) is 4.78 Å². The predicted octanol–water partition coefficient (Wildman–Crippen LogP) is 5.30. The van der Waals surface area contributed by atoms with E-state index in [1.54, 1.807) is 66.9 Å². The molecule has 1 atom stereocenters. The van der Waals surface area contributed by atoms with Crippen molar-refractivity contribution in [2.24, 2.45) is 0 Å². The van der Waals surface area contributed by atoms with E-state index in [1.807, 2.05) is 18.2 Å². The maximum Gasteiger partial charge on any atom is 0.261 e. The van der Waals surface area contributed by atoms with Crippen LogP contribution in [0.2, 0.25) is 0 Å². The number of aromatic nitrogens is 2. The summed E-state index contributed by atoms with van der Waals surface area (Å²) in [7, 11) is -6.56. The highest BCUT2D eigenvalue weighted by Gasteiger charge is 2.16. The van der Waals surface area contributed by atoms with Gasteiger partial charge in [0.2, 0.25) is 5.95 Å². The van der Waals surface area contributed by atoms with Crippen LogP contribution in [0, 0.1) is 4.78 Å². The molecule has 0 saturated carbocycles. The lowest BCUT2D eigenvalue weighted by atomic mass is 10.1. The van der Waals surface area contributed by atoms with E-state index in [9.17, 15) is 12.6 Å². The third-order valence-electron chi connectivity index (χ3n) is 5.91. The summed E-state index contributed by atoms with van der Waals surface area (Å²) in [6.07, 6.45) is 3.07. The molecule has 0 fully saturated rings. The van der Waals surface area contributed by atoms with Crippen molar-refractivity contribution in [2.45, 2.75) is 22.6 Å². The van der Waals surface area contributed by atoms with E-state index in [0.717, 1.165) is 17.5 Å². The second kappa shape index (κ2) is 10.2. The maximum atomic E-state index is 12.9. The number of fused-ring (bicyclic) bond motifs is 4. The molecule has 0 aliphatic carbocycles. The van der Waals surface area contributed by atoms with E-state index in [-0.39, 0.29) is 10.6 Å². The molecule has 0 amide bonds.